The standard InChI is InChI=1S/C23H21FN6O2.C21H21FN6O.C3H4O.C2H6/c1-3-20(32)30-11-16(17(24)12-30)22-21(13-9-25-29(2)10-13)15-8-18(27-28-23(15)26-22)14-6-4-5-7-19(14)31;1-27-10-15(16(22)11-27)20-19(12-8-23-28(2)9-12)14-7-17(25-26-21(14)24-20)13-5-3-4-6-18(13)29;1-2-3-4;1-2/h3-10,16-17,31H,1,11-12H2,2H3,(H,26,28);3-9,15-16,29H,10-11H2,1-2H3,(H,24,26);2-3H,1H2;1-2H3. The summed E-state index contributed by atoms with van der Waals surface area (Å²) in [7, 11) is 5.59. The van der Waals surface area contributed by atoms with Gasteiger partial charge >= 0.3 is 0 Å². The van der Waals surface area contributed by atoms with Crippen LogP contribution in [0.1, 0.15) is 37.1 Å². The average molecular weight is 911 g/mol. The third-order valence-corrected chi connectivity index (χ3v) is 11.5. The van der Waals surface area contributed by atoms with Crippen LogP contribution in [-0.4, -0.2) is 128 Å². The number of hydrogen-bond acceptors (Lipinski definition) is 11. The molecular weight excluding hydrogens is 859 g/mol. The quantitative estimate of drug-likeness (QED) is 0.0861. The van der Waals surface area contributed by atoms with E-state index in [9.17, 15) is 19.4 Å². The number of aromatic hydroxyl groups is 2. The molecule has 0 bridgehead atoms. The number of fused-ring (bicyclic) bond motifs is 2. The van der Waals surface area contributed by atoms with Gasteiger partial charge < -0.3 is 30.0 Å². The van der Waals surface area contributed by atoms with Crippen LogP contribution >= 0.6 is 0 Å². The number of halogens is 2. The first-order chi connectivity index (χ1) is 32.4. The van der Waals surface area contributed by atoms with Crippen molar-refractivity contribution in [3.8, 4) is 56.3 Å². The van der Waals surface area contributed by atoms with Crippen LogP contribution in [0, 0.1) is 0 Å². The van der Waals surface area contributed by atoms with Crippen molar-refractivity contribution in [3.63, 3.8) is 0 Å². The number of aldehydes is 1. The van der Waals surface area contributed by atoms with Crippen LogP contribution in [0.4, 0.5) is 8.78 Å². The predicted molar refractivity (Wildman–Crippen MR) is 254 cm³/mol. The molecule has 2 aromatic carbocycles. The number of hydrogen-bond donors (Lipinski definition) is 4. The van der Waals surface area contributed by atoms with E-state index in [2.05, 4.69) is 53.7 Å². The molecule has 0 spiro atoms. The molecule has 8 heterocycles. The number of phenolic OH excluding ortho intramolecular Hbond substituents is 2. The van der Waals surface area contributed by atoms with Crippen molar-refractivity contribution in [3.05, 3.63) is 122 Å². The summed E-state index contributed by atoms with van der Waals surface area (Å²) in [6.45, 7) is 11.9. The van der Waals surface area contributed by atoms with E-state index in [1.165, 1.54) is 17.1 Å². The molecule has 1 amide bonds. The highest BCUT2D eigenvalue weighted by Crippen LogP contribution is 2.43. The van der Waals surface area contributed by atoms with Crippen molar-refractivity contribution >= 4 is 34.3 Å². The Balaban J connectivity index is 0.000000179. The number of likely N-dealkylation sites (tertiary alicyclic amines) is 2. The minimum atomic E-state index is -1.24. The van der Waals surface area contributed by atoms with Crippen LogP contribution < -0.4 is 0 Å². The second-order valence-electron chi connectivity index (χ2n) is 15.9. The summed E-state index contributed by atoms with van der Waals surface area (Å²) in [5.74, 6) is -0.898. The molecule has 0 radical (unpaired) electrons. The van der Waals surface area contributed by atoms with Gasteiger partial charge in [-0.1, -0.05) is 51.3 Å². The summed E-state index contributed by atoms with van der Waals surface area (Å²) >= 11 is 0. The lowest BCUT2D eigenvalue weighted by Gasteiger charge is -2.14. The van der Waals surface area contributed by atoms with Crippen molar-refractivity contribution in [2.75, 3.05) is 33.2 Å². The molecule has 16 nitrogen and oxygen atoms in total. The summed E-state index contributed by atoms with van der Waals surface area (Å²) in [6.07, 6.45) is 8.08. The first kappa shape index (κ1) is 47.1. The van der Waals surface area contributed by atoms with Gasteiger partial charge in [-0.2, -0.15) is 10.2 Å². The van der Waals surface area contributed by atoms with Crippen molar-refractivity contribution in [2.24, 2.45) is 14.1 Å². The Bertz CT molecular complexity index is 3040. The van der Waals surface area contributed by atoms with Crippen LogP contribution in [0.5, 0.6) is 11.5 Å². The molecule has 67 heavy (non-hydrogen) atoms. The molecule has 0 saturated carbocycles. The van der Waals surface area contributed by atoms with Gasteiger partial charge in [0.1, 0.15) is 30.1 Å². The molecule has 4 unspecified atom stereocenters. The summed E-state index contributed by atoms with van der Waals surface area (Å²) < 4.78 is 33.3. The fourth-order valence-electron chi connectivity index (χ4n) is 8.51. The maximum absolute atomic E-state index is 15.1. The Kier molecular flexibility index (Phi) is 14.4. The van der Waals surface area contributed by atoms with Gasteiger partial charge in [0.2, 0.25) is 5.91 Å². The Hall–Kier alpha value is -7.86. The summed E-state index contributed by atoms with van der Waals surface area (Å²) in [4.78, 5) is 31.1. The molecule has 2 fully saturated rings. The predicted octanol–water partition coefficient (Wildman–Crippen LogP) is 7.68. The number of para-hydroxylation sites is 2. The fraction of sp³-hybridized carbons (Fsp3) is 0.265. The van der Waals surface area contributed by atoms with E-state index in [-0.39, 0.29) is 36.4 Å². The van der Waals surface area contributed by atoms with E-state index in [4.69, 9.17) is 4.79 Å². The zero-order valence-corrected chi connectivity index (χ0v) is 37.8. The van der Waals surface area contributed by atoms with Crippen LogP contribution in [0.15, 0.2) is 111 Å². The third kappa shape index (κ3) is 9.74. The number of aryl methyl sites for hydroxylation is 2. The summed E-state index contributed by atoms with van der Waals surface area (Å²) in [6, 6.07) is 17.6. The Morgan fingerprint density at radius 1 is 0.701 bits per heavy atom. The fourth-order valence-corrected chi connectivity index (χ4v) is 8.51. The zero-order chi connectivity index (χ0) is 47.9. The van der Waals surface area contributed by atoms with Crippen molar-refractivity contribution in [2.45, 2.75) is 38.0 Å². The van der Waals surface area contributed by atoms with E-state index in [1.807, 2.05) is 76.5 Å². The molecule has 346 valence electrons. The lowest BCUT2D eigenvalue weighted by molar-refractivity contribution is -0.125. The highest BCUT2D eigenvalue weighted by atomic mass is 19.1. The van der Waals surface area contributed by atoms with Crippen molar-refractivity contribution < 1.29 is 28.6 Å². The first-order valence-electron chi connectivity index (χ1n) is 21.7. The number of H-pyrrole nitrogens is 2. The lowest BCUT2D eigenvalue weighted by atomic mass is 9.95. The van der Waals surface area contributed by atoms with E-state index in [0.717, 1.165) is 38.7 Å². The van der Waals surface area contributed by atoms with Gasteiger partial charge in [-0.25, -0.2) is 8.78 Å². The lowest BCUT2D eigenvalue weighted by Crippen LogP contribution is -2.27. The molecule has 0 aliphatic carbocycles. The van der Waals surface area contributed by atoms with E-state index in [1.54, 1.807) is 58.2 Å². The minimum absolute atomic E-state index is 0.00613. The second kappa shape index (κ2) is 20.5. The molecule has 6 aromatic heterocycles. The summed E-state index contributed by atoms with van der Waals surface area (Å²) in [5.41, 5.74) is 8.11. The number of likely N-dealkylation sites (N-methyl/N-ethyl adjacent to an activating group) is 1. The Labute approximate surface area is 385 Å². The second-order valence-corrected chi connectivity index (χ2v) is 15.9. The number of carbonyl (C=O) groups excluding carboxylic acids is 2. The third-order valence-electron chi connectivity index (χ3n) is 11.5. The van der Waals surface area contributed by atoms with Gasteiger partial charge in [0.15, 0.2) is 11.3 Å². The molecule has 4 atom stereocenters. The largest absolute Gasteiger partial charge is 0.507 e. The van der Waals surface area contributed by atoms with Crippen LogP contribution in [0.3, 0.4) is 0 Å². The zero-order valence-electron chi connectivity index (χ0n) is 37.8. The highest BCUT2D eigenvalue weighted by Gasteiger charge is 2.39. The van der Waals surface area contributed by atoms with Gasteiger partial charge in [-0.05, 0) is 55.6 Å². The Morgan fingerprint density at radius 3 is 1.54 bits per heavy atom. The molecule has 2 saturated heterocycles. The van der Waals surface area contributed by atoms with Gasteiger partial charge in [-0.3, -0.25) is 19.0 Å². The number of carbonyl (C=O) groups is 2. The van der Waals surface area contributed by atoms with E-state index < -0.39 is 18.3 Å². The smallest absolute Gasteiger partial charge is 0.246 e. The summed E-state index contributed by atoms with van der Waals surface area (Å²) in [5, 5.41) is 47.8. The first-order valence-corrected chi connectivity index (χ1v) is 21.7. The number of aromatic amines is 2. The number of nitrogens with zero attached hydrogens (tertiary/aromatic N) is 10. The molecule has 18 heteroatoms. The molecule has 8 aromatic rings. The number of phenols is 2. The number of amides is 1. The number of allylic oxidation sites excluding steroid dienone is 1. The molecule has 2 aliphatic rings. The number of nitrogens with one attached hydrogen (secondary N) is 2. The van der Waals surface area contributed by atoms with Gasteiger partial charge in [0.25, 0.3) is 0 Å². The average Bonchev–Trinajstić information content (AvgIpc) is 4.21. The monoisotopic (exact) mass is 910 g/mol. The van der Waals surface area contributed by atoms with Crippen LogP contribution in [-0.2, 0) is 23.7 Å². The van der Waals surface area contributed by atoms with Crippen molar-refractivity contribution in [1.29, 1.82) is 0 Å². The molecule has 2 aliphatic heterocycles. The maximum Gasteiger partial charge on any atom is 0.246 e. The van der Waals surface area contributed by atoms with Crippen molar-refractivity contribution in [1.82, 2.24) is 59.7 Å². The minimum Gasteiger partial charge on any atom is -0.507 e. The number of benzene rings is 2. The van der Waals surface area contributed by atoms with E-state index in [0.29, 0.717) is 58.9 Å². The normalized spacial score (nSPS) is 17.8. The van der Waals surface area contributed by atoms with Gasteiger partial charge in [-0.15, -0.1) is 20.4 Å². The number of rotatable bonds is 8. The maximum atomic E-state index is 15.1. The Morgan fingerprint density at radius 2 is 1.15 bits per heavy atom. The molecule has 4 N–H and O–H groups in total. The van der Waals surface area contributed by atoms with Gasteiger partial charge in [0, 0.05) is 108 Å². The highest BCUT2D eigenvalue weighted by molar-refractivity contribution is 5.99. The van der Waals surface area contributed by atoms with Gasteiger partial charge in [0.05, 0.1) is 36.2 Å². The SMILES string of the molecule is C=CC(=O)N1CC(F)C(c2[nH]c3nnc(-c4ccccc4O)cc3c2-c2cnn(C)c2)C1.C=CC=O.CC.CN1CC(F)C(c2[nH]c3nnc(-c4ccccc4O)cc3c2-c2cnn(C)c2)C1. The van der Waals surface area contributed by atoms with E-state index >= 15 is 4.39 Å². The number of alkyl halides is 2. The molecule has 10 rings (SSSR count). The number of aromatic nitrogens is 10. The van der Waals surface area contributed by atoms with Crippen LogP contribution in [0.25, 0.3) is 66.8 Å². The topological polar surface area (TPSA) is 200 Å². The molecular formula is C49H52F2N12O4. The van der Waals surface area contributed by atoms with Crippen LogP contribution in [0.2, 0.25) is 0 Å².